The molecule has 9 nitrogen and oxygen atoms in total. The first-order valence-corrected chi connectivity index (χ1v) is 21.9. The van der Waals surface area contributed by atoms with Crippen molar-refractivity contribution in [1.29, 1.82) is 0 Å². The van der Waals surface area contributed by atoms with Crippen molar-refractivity contribution >= 4 is 19.8 Å². The molecule has 0 aromatic carbocycles. The maximum absolute atomic E-state index is 12.5. The Balaban J connectivity index is 4.32. The van der Waals surface area contributed by atoms with Crippen molar-refractivity contribution in [2.75, 3.05) is 26.4 Å². The number of rotatable bonds is 37. The number of unbranched alkanes of at least 4 members (excludes halogenated alkanes) is 12. The van der Waals surface area contributed by atoms with Gasteiger partial charge in [-0.3, -0.25) is 18.6 Å². The van der Waals surface area contributed by atoms with E-state index in [9.17, 15) is 19.0 Å². The summed E-state index contributed by atoms with van der Waals surface area (Å²) in [6, 6.07) is 0. The highest BCUT2D eigenvalue weighted by atomic mass is 31.2. The topological polar surface area (TPSA) is 134 Å². The first kappa shape index (κ1) is 50.5. The summed E-state index contributed by atoms with van der Waals surface area (Å²) < 4.78 is 32.6. The molecule has 0 saturated heterocycles. The molecule has 0 aromatic heterocycles. The van der Waals surface area contributed by atoms with Gasteiger partial charge in [0.15, 0.2) is 6.10 Å². The van der Waals surface area contributed by atoms with Crippen LogP contribution in [0.25, 0.3) is 0 Å². The summed E-state index contributed by atoms with van der Waals surface area (Å²) in [5.41, 5.74) is 5.33. The molecule has 0 aliphatic heterocycles. The number of nitrogens with two attached hydrogens (primary N) is 1. The molecule has 0 aliphatic carbocycles. The van der Waals surface area contributed by atoms with E-state index in [0.717, 1.165) is 64.2 Å². The van der Waals surface area contributed by atoms with Gasteiger partial charge in [-0.05, 0) is 77.0 Å². The standard InChI is InChI=1S/C43H74NO8P/c1-3-5-7-9-11-13-15-17-19-20-22-23-25-27-29-31-33-35-42(45)49-39-41(40-51-53(47,48)50-38-37-44)52-43(46)36-34-32-30-28-26-24-21-18-16-14-12-10-8-6-4-2/h5,7,11,13,17,19,22-24,26-27,29,41H,3-4,6,8-10,12,14-16,18,20-21,25,28,30-40,44H2,1-2H3,(H,47,48)/b7-5+,13-11+,19-17+,23-22+,26-24+,29-27+/t41-/m1/s1. The lowest BCUT2D eigenvalue weighted by Crippen LogP contribution is -2.29. The first-order valence-electron chi connectivity index (χ1n) is 20.4. The third-order valence-corrected chi connectivity index (χ3v) is 9.06. The van der Waals surface area contributed by atoms with E-state index in [1.54, 1.807) is 0 Å². The highest BCUT2D eigenvalue weighted by Crippen LogP contribution is 2.43. The van der Waals surface area contributed by atoms with Gasteiger partial charge in [-0.2, -0.15) is 0 Å². The maximum Gasteiger partial charge on any atom is 0.472 e. The first-order chi connectivity index (χ1) is 25.8. The minimum absolute atomic E-state index is 0.0403. The van der Waals surface area contributed by atoms with Crippen LogP contribution in [0.2, 0.25) is 0 Å². The lowest BCUT2D eigenvalue weighted by Gasteiger charge is -2.19. The van der Waals surface area contributed by atoms with Gasteiger partial charge >= 0.3 is 19.8 Å². The van der Waals surface area contributed by atoms with Gasteiger partial charge < -0.3 is 20.1 Å². The normalized spacial score (nSPS) is 14.1. The van der Waals surface area contributed by atoms with Crippen LogP contribution in [0.3, 0.4) is 0 Å². The summed E-state index contributed by atoms with van der Waals surface area (Å²) in [5.74, 6) is -0.922. The second kappa shape index (κ2) is 39.2. The molecule has 53 heavy (non-hydrogen) atoms. The summed E-state index contributed by atoms with van der Waals surface area (Å²) in [5, 5.41) is 0. The molecule has 0 aromatic rings. The number of carbonyl (C=O) groups is 2. The number of phosphoric acid groups is 1. The highest BCUT2D eigenvalue weighted by molar-refractivity contribution is 7.47. The van der Waals surface area contributed by atoms with Crippen LogP contribution in [0.4, 0.5) is 0 Å². The van der Waals surface area contributed by atoms with Gasteiger partial charge in [0.1, 0.15) is 6.61 Å². The number of phosphoric ester groups is 1. The van der Waals surface area contributed by atoms with Crippen molar-refractivity contribution in [2.24, 2.45) is 5.73 Å². The predicted molar refractivity (Wildman–Crippen MR) is 219 cm³/mol. The fraction of sp³-hybridized carbons (Fsp3) is 0.674. The van der Waals surface area contributed by atoms with Crippen LogP contribution in [0, 0.1) is 0 Å². The average Bonchev–Trinajstić information content (AvgIpc) is 3.14. The number of carbonyl (C=O) groups excluding carboxylic acids is 2. The summed E-state index contributed by atoms with van der Waals surface area (Å²) in [4.78, 5) is 34.8. The van der Waals surface area contributed by atoms with Crippen molar-refractivity contribution in [3.63, 3.8) is 0 Å². The van der Waals surface area contributed by atoms with E-state index < -0.39 is 32.5 Å². The van der Waals surface area contributed by atoms with E-state index in [1.165, 1.54) is 51.4 Å². The maximum atomic E-state index is 12.5. The summed E-state index contributed by atoms with van der Waals surface area (Å²) in [7, 11) is -4.39. The molecule has 1 unspecified atom stereocenters. The van der Waals surface area contributed by atoms with Gasteiger partial charge in [-0.1, -0.05) is 138 Å². The Hall–Kier alpha value is -2.55. The summed E-state index contributed by atoms with van der Waals surface area (Å²) in [6.07, 6.45) is 46.5. The van der Waals surface area contributed by atoms with Gasteiger partial charge in [0, 0.05) is 19.4 Å². The van der Waals surface area contributed by atoms with Gasteiger partial charge in [0.25, 0.3) is 0 Å². The van der Waals surface area contributed by atoms with Crippen molar-refractivity contribution in [3.05, 3.63) is 72.9 Å². The summed E-state index contributed by atoms with van der Waals surface area (Å²) in [6.45, 7) is 3.51. The van der Waals surface area contributed by atoms with Gasteiger partial charge in [0.05, 0.1) is 13.2 Å². The Morgan fingerprint density at radius 3 is 1.62 bits per heavy atom. The molecule has 0 spiro atoms. The fourth-order valence-corrected chi connectivity index (χ4v) is 5.84. The molecule has 0 radical (unpaired) electrons. The minimum Gasteiger partial charge on any atom is -0.462 e. The van der Waals surface area contributed by atoms with Gasteiger partial charge in [-0.15, -0.1) is 0 Å². The molecule has 0 bridgehead atoms. The molecule has 0 rings (SSSR count). The fourth-order valence-electron chi connectivity index (χ4n) is 5.07. The second-order valence-corrected chi connectivity index (χ2v) is 14.6. The van der Waals surface area contributed by atoms with E-state index in [4.69, 9.17) is 24.3 Å². The Labute approximate surface area is 322 Å². The van der Waals surface area contributed by atoms with E-state index in [-0.39, 0.29) is 32.6 Å². The molecule has 304 valence electrons. The van der Waals surface area contributed by atoms with Crippen LogP contribution in [-0.4, -0.2) is 49.3 Å². The highest BCUT2D eigenvalue weighted by Gasteiger charge is 2.25. The molecule has 0 amide bonds. The molecule has 0 saturated carbocycles. The zero-order valence-electron chi connectivity index (χ0n) is 33.2. The average molecular weight is 764 g/mol. The Kier molecular flexibility index (Phi) is 37.3. The SMILES string of the molecule is CC/C=C/C/C=C/C/C=C/C/C=C/C/C=C/CCCC(=O)OC[C@H](COP(=O)(O)OCCN)OC(=O)CCCCC/C=C/CCCCCCCCCC. The summed E-state index contributed by atoms with van der Waals surface area (Å²) >= 11 is 0. The molecule has 0 fully saturated rings. The van der Waals surface area contributed by atoms with Crippen molar-refractivity contribution in [1.82, 2.24) is 0 Å². The van der Waals surface area contributed by atoms with Crippen molar-refractivity contribution < 1.29 is 37.6 Å². The number of esters is 2. The molecule has 0 aliphatic rings. The van der Waals surface area contributed by atoms with Crippen LogP contribution in [0.15, 0.2) is 72.9 Å². The molecule has 3 N–H and O–H groups in total. The van der Waals surface area contributed by atoms with E-state index in [1.807, 2.05) is 6.08 Å². The lowest BCUT2D eigenvalue weighted by molar-refractivity contribution is -0.161. The van der Waals surface area contributed by atoms with Gasteiger partial charge in [-0.25, -0.2) is 4.57 Å². The molecule has 10 heteroatoms. The number of hydrogen-bond acceptors (Lipinski definition) is 8. The minimum atomic E-state index is -4.39. The van der Waals surface area contributed by atoms with E-state index in [0.29, 0.717) is 12.8 Å². The van der Waals surface area contributed by atoms with E-state index >= 15 is 0 Å². The zero-order chi connectivity index (χ0) is 38.9. The van der Waals surface area contributed by atoms with Crippen LogP contribution >= 0.6 is 7.82 Å². The van der Waals surface area contributed by atoms with Crippen molar-refractivity contribution in [3.8, 4) is 0 Å². The number of allylic oxidation sites excluding steroid dienone is 12. The monoisotopic (exact) mass is 764 g/mol. The third-order valence-electron chi connectivity index (χ3n) is 8.08. The van der Waals surface area contributed by atoms with E-state index in [2.05, 4.69) is 80.7 Å². The second-order valence-electron chi connectivity index (χ2n) is 13.1. The molecule has 2 atom stereocenters. The van der Waals surface area contributed by atoms with Crippen LogP contribution in [0.1, 0.15) is 155 Å². The molecular weight excluding hydrogens is 689 g/mol. The van der Waals surface area contributed by atoms with Crippen LogP contribution in [0.5, 0.6) is 0 Å². The largest absolute Gasteiger partial charge is 0.472 e. The third kappa shape index (κ3) is 39.0. The number of hydrogen-bond donors (Lipinski definition) is 2. The smallest absolute Gasteiger partial charge is 0.462 e. The number of ether oxygens (including phenoxy) is 2. The Morgan fingerprint density at radius 2 is 1.06 bits per heavy atom. The van der Waals surface area contributed by atoms with Gasteiger partial charge in [0.2, 0.25) is 0 Å². The lowest BCUT2D eigenvalue weighted by atomic mass is 10.1. The van der Waals surface area contributed by atoms with Crippen LogP contribution in [-0.2, 0) is 32.7 Å². The Bertz CT molecular complexity index is 1100. The van der Waals surface area contributed by atoms with Crippen LogP contribution < -0.4 is 5.73 Å². The van der Waals surface area contributed by atoms with Crippen molar-refractivity contribution in [2.45, 2.75) is 161 Å². The Morgan fingerprint density at radius 1 is 0.585 bits per heavy atom. The zero-order valence-corrected chi connectivity index (χ0v) is 34.1. The predicted octanol–water partition coefficient (Wildman–Crippen LogP) is 11.5. The molecule has 0 heterocycles. The quantitative estimate of drug-likeness (QED) is 0.0274. The molecular formula is C43H74NO8P.